The van der Waals surface area contributed by atoms with Gasteiger partial charge in [0.2, 0.25) is 0 Å². The topological polar surface area (TPSA) is 72.6 Å². The van der Waals surface area contributed by atoms with Crippen LogP contribution in [0.1, 0.15) is 5.56 Å². The fraction of sp³-hybridized carbons (Fsp3) is 0.0769. The Hall–Kier alpha value is -1.92. The number of halogens is 1. The molecule has 0 aliphatic heterocycles. The van der Waals surface area contributed by atoms with Crippen LogP contribution < -0.4 is 4.74 Å². The summed E-state index contributed by atoms with van der Waals surface area (Å²) in [4.78, 5) is 10.2. The van der Waals surface area contributed by atoms with Gasteiger partial charge in [-0.25, -0.2) is 0 Å². The van der Waals surface area contributed by atoms with Crippen LogP contribution in [-0.4, -0.2) is 10.0 Å². The van der Waals surface area contributed by atoms with E-state index < -0.39 is 4.92 Å². The molecular weight excluding hydrogens is 314 g/mol. The third-order valence-corrected chi connectivity index (χ3v) is 3.20. The Morgan fingerprint density at radius 1 is 1.21 bits per heavy atom. The molecule has 2 aromatic carbocycles. The number of non-ortho nitro benzene ring substituents is 1. The van der Waals surface area contributed by atoms with Crippen molar-refractivity contribution in [1.82, 2.24) is 0 Å². The molecule has 0 aliphatic carbocycles. The van der Waals surface area contributed by atoms with Crippen molar-refractivity contribution >= 4 is 21.6 Å². The van der Waals surface area contributed by atoms with Crippen LogP contribution in [0.4, 0.5) is 5.69 Å². The zero-order valence-corrected chi connectivity index (χ0v) is 11.3. The van der Waals surface area contributed by atoms with Crippen LogP contribution in [0, 0.1) is 10.1 Å². The lowest BCUT2D eigenvalue weighted by atomic mass is 10.2. The third kappa shape index (κ3) is 3.30. The number of aliphatic hydroxyl groups excluding tert-OH is 1. The first-order valence-electron chi connectivity index (χ1n) is 5.42. The number of nitrogens with zero attached hydrogens (tertiary/aromatic N) is 1. The molecule has 2 aromatic rings. The number of benzene rings is 2. The summed E-state index contributed by atoms with van der Waals surface area (Å²) in [5.74, 6) is 0.919. The van der Waals surface area contributed by atoms with Gasteiger partial charge in [-0.05, 0) is 23.8 Å². The normalized spacial score (nSPS) is 10.2. The minimum absolute atomic E-state index is 0.0245. The van der Waals surface area contributed by atoms with Gasteiger partial charge in [-0.1, -0.05) is 28.1 Å². The zero-order chi connectivity index (χ0) is 13.8. The molecule has 0 radical (unpaired) electrons. The van der Waals surface area contributed by atoms with Gasteiger partial charge in [-0.15, -0.1) is 0 Å². The van der Waals surface area contributed by atoms with Crippen LogP contribution in [0.25, 0.3) is 0 Å². The highest BCUT2D eigenvalue weighted by molar-refractivity contribution is 9.10. The first-order valence-corrected chi connectivity index (χ1v) is 6.21. The maximum absolute atomic E-state index is 10.7. The standard InChI is InChI=1S/C13H10BrNO4/c14-13-7-12(5-4-9(13)8-16)19-11-3-1-2-10(6-11)15(17)18/h1-7,16H,8H2. The van der Waals surface area contributed by atoms with E-state index in [-0.39, 0.29) is 12.3 Å². The van der Waals surface area contributed by atoms with Crippen LogP contribution >= 0.6 is 15.9 Å². The molecule has 0 heterocycles. The number of rotatable bonds is 4. The zero-order valence-electron chi connectivity index (χ0n) is 9.75. The average Bonchev–Trinajstić information content (AvgIpc) is 2.39. The van der Waals surface area contributed by atoms with Crippen molar-refractivity contribution in [3.05, 3.63) is 62.6 Å². The Morgan fingerprint density at radius 2 is 1.95 bits per heavy atom. The molecule has 1 N–H and O–H groups in total. The fourth-order valence-electron chi connectivity index (χ4n) is 1.52. The van der Waals surface area contributed by atoms with Crippen LogP contribution in [0.2, 0.25) is 0 Å². The minimum Gasteiger partial charge on any atom is -0.457 e. The second-order valence-corrected chi connectivity index (χ2v) is 4.62. The Balaban J connectivity index is 2.23. The number of aliphatic hydroxyl groups is 1. The Kier molecular flexibility index (Phi) is 4.13. The predicted octanol–water partition coefficient (Wildman–Crippen LogP) is 3.64. The summed E-state index contributed by atoms with van der Waals surface area (Å²) in [5, 5.41) is 19.7. The van der Waals surface area contributed by atoms with Crippen molar-refractivity contribution in [2.24, 2.45) is 0 Å². The highest BCUT2D eigenvalue weighted by Crippen LogP contribution is 2.28. The lowest BCUT2D eigenvalue weighted by molar-refractivity contribution is -0.384. The van der Waals surface area contributed by atoms with E-state index in [1.165, 1.54) is 12.1 Å². The molecule has 0 aromatic heterocycles. The van der Waals surface area contributed by atoms with Crippen LogP contribution in [0.15, 0.2) is 46.9 Å². The summed E-state index contributed by atoms with van der Waals surface area (Å²) in [6.07, 6.45) is 0. The lowest BCUT2D eigenvalue weighted by Gasteiger charge is -2.07. The Bertz CT molecular complexity index is 615. The highest BCUT2D eigenvalue weighted by Gasteiger charge is 2.08. The summed E-state index contributed by atoms with van der Waals surface area (Å²) in [6.45, 7) is -0.0718. The van der Waals surface area contributed by atoms with E-state index in [0.29, 0.717) is 11.5 Å². The molecule has 0 aliphatic rings. The number of hydrogen-bond acceptors (Lipinski definition) is 4. The molecule has 5 nitrogen and oxygen atoms in total. The molecule has 0 atom stereocenters. The maximum atomic E-state index is 10.7. The van der Waals surface area contributed by atoms with Gasteiger partial charge in [0.25, 0.3) is 5.69 Å². The SMILES string of the molecule is O=[N+]([O-])c1cccc(Oc2ccc(CO)c(Br)c2)c1. The number of hydrogen-bond donors (Lipinski definition) is 1. The average molecular weight is 324 g/mol. The predicted molar refractivity (Wildman–Crippen MR) is 73.2 cm³/mol. The van der Waals surface area contributed by atoms with E-state index in [4.69, 9.17) is 9.84 Å². The molecule has 0 fully saturated rings. The van der Waals surface area contributed by atoms with E-state index in [1.807, 2.05) is 0 Å². The Morgan fingerprint density at radius 3 is 2.58 bits per heavy atom. The number of nitro groups is 1. The first-order chi connectivity index (χ1) is 9.10. The monoisotopic (exact) mass is 323 g/mol. The lowest BCUT2D eigenvalue weighted by Crippen LogP contribution is -1.90. The van der Waals surface area contributed by atoms with Crippen LogP contribution in [-0.2, 0) is 6.61 Å². The quantitative estimate of drug-likeness (QED) is 0.688. The molecular formula is C13H10BrNO4. The third-order valence-electron chi connectivity index (χ3n) is 2.46. The number of nitro benzene ring substituents is 1. The summed E-state index contributed by atoms with van der Waals surface area (Å²) < 4.78 is 6.25. The van der Waals surface area contributed by atoms with E-state index >= 15 is 0 Å². The highest BCUT2D eigenvalue weighted by atomic mass is 79.9. The van der Waals surface area contributed by atoms with Crippen molar-refractivity contribution in [2.75, 3.05) is 0 Å². The van der Waals surface area contributed by atoms with Gasteiger partial charge >= 0.3 is 0 Å². The van der Waals surface area contributed by atoms with Gasteiger partial charge in [0.1, 0.15) is 11.5 Å². The van der Waals surface area contributed by atoms with E-state index in [0.717, 1.165) is 10.0 Å². The van der Waals surface area contributed by atoms with Crippen LogP contribution in [0.3, 0.4) is 0 Å². The second kappa shape index (κ2) is 5.81. The van der Waals surface area contributed by atoms with Gasteiger partial charge in [-0.3, -0.25) is 10.1 Å². The molecule has 0 spiro atoms. The molecule has 0 saturated carbocycles. The summed E-state index contributed by atoms with van der Waals surface area (Å²) >= 11 is 3.31. The van der Waals surface area contributed by atoms with Gasteiger partial charge in [0.15, 0.2) is 0 Å². The molecule has 0 amide bonds. The number of ether oxygens (including phenoxy) is 1. The van der Waals surface area contributed by atoms with Gasteiger partial charge in [0.05, 0.1) is 17.6 Å². The fourth-order valence-corrected chi connectivity index (χ4v) is 2.00. The largest absolute Gasteiger partial charge is 0.457 e. The minimum atomic E-state index is -0.475. The van der Waals surface area contributed by atoms with Crippen molar-refractivity contribution in [2.45, 2.75) is 6.61 Å². The summed E-state index contributed by atoms with van der Waals surface area (Å²) in [5.41, 5.74) is 0.718. The Labute approximate surface area is 117 Å². The molecule has 0 saturated heterocycles. The van der Waals surface area contributed by atoms with E-state index in [2.05, 4.69) is 15.9 Å². The molecule has 0 unspecified atom stereocenters. The molecule has 0 bridgehead atoms. The second-order valence-electron chi connectivity index (χ2n) is 3.77. The molecule has 98 valence electrons. The molecule has 6 heteroatoms. The maximum Gasteiger partial charge on any atom is 0.273 e. The molecule has 19 heavy (non-hydrogen) atoms. The van der Waals surface area contributed by atoms with Crippen molar-refractivity contribution in [3.8, 4) is 11.5 Å². The van der Waals surface area contributed by atoms with Gasteiger partial charge in [0, 0.05) is 10.5 Å². The smallest absolute Gasteiger partial charge is 0.273 e. The first kappa shape index (κ1) is 13.5. The van der Waals surface area contributed by atoms with Gasteiger partial charge in [-0.2, -0.15) is 0 Å². The van der Waals surface area contributed by atoms with Crippen LogP contribution in [0.5, 0.6) is 11.5 Å². The van der Waals surface area contributed by atoms with Crippen molar-refractivity contribution in [1.29, 1.82) is 0 Å². The summed E-state index contributed by atoms with van der Waals surface area (Å²) in [6, 6.07) is 11.1. The van der Waals surface area contributed by atoms with E-state index in [9.17, 15) is 10.1 Å². The molecule has 2 rings (SSSR count). The van der Waals surface area contributed by atoms with Crippen molar-refractivity contribution < 1.29 is 14.8 Å². The summed E-state index contributed by atoms with van der Waals surface area (Å²) in [7, 11) is 0. The van der Waals surface area contributed by atoms with E-state index in [1.54, 1.807) is 30.3 Å². The van der Waals surface area contributed by atoms with Gasteiger partial charge < -0.3 is 9.84 Å². The van der Waals surface area contributed by atoms with Crippen molar-refractivity contribution in [3.63, 3.8) is 0 Å².